The minimum Gasteiger partial charge on any atom is -0.506 e. The summed E-state index contributed by atoms with van der Waals surface area (Å²) in [5.74, 6) is 0.552. The minimum atomic E-state index is -0.149. The van der Waals surface area contributed by atoms with Gasteiger partial charge in [-0.3, -0.25) is 4.79 Å². The van der Waals surface area contributed by atoms with Crippen molar-refractivity contribution in [2.75, 3.05) is 11.1 Å². The Hall–Kier alpha value is -1.65. The summed E-state index contributed by atoms with van der Waals surface area (Å²) in [4.78, 5) is 13.5. The van der Waals surface area contributed by atoms with E-state index in [0.29, 0.717) is 5.69 Å². The number of phenolic OH excluding ortho intramolecular Hbond substituents is 1. The first-order chi connectivity index (χ1) is 9.65. The summed E-state index contributed by atoms with van der Waals surface area (Å²) in [7, 11) is 0. The lowest BCUT2D eigenvalue weighted by Crippen LogP contribution is -2.20. The van der Waals surface area contributed by atoms with Crippen LogP contribution >= 0.6 is 23.4 Å². The summed E-state index contributed by atoms with van der Waals surface area (Å²) in [6.45, 7) is 0. The van der Waals surface area contributed by atoms with Gasteiger partial charge in [0, 0.05) is 16.3 Å². The van der Waals surface area contributed by atoms with Crippen molar-refractivity contribution in [3.8, 4) is 5.75 Å². The quantitative estimate of drug-likeness (QED) is 0.828. The zero-order valence-electron chi connectivity index (χ0n) is 10.5. The van der Waals surface area contributed by atoms with Gasteiger partial charge in [-0.2, -0.15) is 0 Å². The topological polar surface area (TPSA) is 49.3 Å². The Labute approximate surface area is 126 Å². The molecule has 1 heterocycles. The van der Waals surface area contributed by atoms with Crippen LogP contribution in [0.2, 0.25) is 5.02 Å². The van der Waals surface area contributed by atoms with Crippen LogP contribution in [0.25, 0.3) is 0 Å². The van der Waals surface area contributed by atoms with E-state index in [1.165, 1.54) is 6.07 Å². The number of carbonyl (C=O) groups is 1. The molecule has 1 unspecified atom stereocenters. The third kappa shape index (κ3) is 2.49. The van der Waals surface area contributed by atoms with Crippen molar-refractivity contribution in [3.05, 3.63) is 53.1 Å². The molecule has 1 atom stereocenters. The minimum absolute atomic E-state index is 0.00596. The first-order valence-corrected chi connectivity index (χ1v) is 7.52. The van der Waals surface area contributed by atoms with E-state index in [9.17, 15) is 9.90 Å². The Morgan fingerprint density at radius 2 is 2.10 bits per heavy atom. The molecule has 0 aromatic heterocycles. The monoisotopic (exact) mass is 305 g/mol. The van der Waals surface area contributed by atoms with E-state index in [4.69, 9.17) is 11.6 Å². The number of thioether (sulfide) groups is 1. The summed E-state index contributed by atoms with van der Waals surface area (Å²) in [5.41, 5.74) is 1.66. The Balaban J connectivity index is 1.79. The molecule has 102 valence electrons. The molecule has 3 nitrogen and oxygen atoms in total. The standard InChI is InChI=1S/C15H12ClNO2S/c16-12-7-9(5-6-13(12)18)17-15(19)11-8-20-14-4-2-1-3-10(11)14/h1-7,11,18H,8H2,(H,17,19). The van der Waals surface area contributed by atoms with Gasteiger partial charge in [0.2, 0.25) is 5.91 Å². The number of carbonyl (C=O) groups excluding carboxylic acids is 1. The number of hydrogen-bond donors (Lipinski definition) is 2. The highest BCUT2D eigenvalue weighted by molar-refractivity contribution is 7.99. The SMILES string of the molecule is O=C(Nc1ccc(O)c(Cl)c1)C1CSc2ccccc21. The van der Waals surface area contributed by atoms with Crippen molar-refractivity contribution in [3.63, 3.8) is 0 Å². The summed E-state index contributed by atoms with van der Waals surface area (Å²) in [6, 6.07) is 12.6. The lowest BCUT2D eigenvalue weighted by atomic mass is 10.0. The summed E-state index contributed by atoms with van der Waals surface area (Å²) >= 11 is 7.53. The summed E-state index contributed by atoms with van der Waals surface area (Å²) in [6.07, 6.45) is 0. The smallest absolute Gasteiger partial charge is 0.232 e. The van der Waals surface area contributed by atoms with Crippen molar-refractivity contribution in [1.29, 1.82) is 0 Å². The molecule has 3 rings (SSSR count). The summed E-state index contributed by atoms with van der Waals surface area (Å²) < 4.78 is 0. The summed E-state index contributed by atoms with van der Waals surface area (Å²) in [5, 5.41) is 12.4. The van der Waals surface area contributed by atoms with E-state index in [-0.39, 0.29) is 22.6 Å². The predicted molar refractivity (Wildman–Crippen MR) is 81.7 cm³/mol. The maximum absolute atomic E-state index is 12.3. The van der Waals surface area contributed by atoms with Crippen LogP contribution in [0.4, 0.5) is 5.69 Å². The fourth-order valence-corrected chi connectivity index (χ4v) is 3.60. The molecular formula is C15H12ClNO2S. The number of anilines is 1. The number of nitrogens with one attached hydrogen (secondary N) is 1. The van der Waals surface area contributed by atoms with Crippen LogP contribution in [0.15, 0.2) is 47.4 Å². The molecule has 2 N–H and O–H groups in total. The molecule has 2 aromatic carbocycles. The van der Waals surface area contributed by atoms with E-state index in [1.807, 2.05) is 24.3 Å². The molecule has 0 fully saturated rings. The number of rotatable bonds is 2. The van der Waals surface area contributed by atoms with Crippen molar-refractivity contribution >= 4 is 35.0 Å². The lowest BCUT2D eigenvalue weighted by molar-refractivity contribution is -0.117. The van der Waals surface area contributed by atoms with Crippen LogP contribution < -0.4 is 5.32 Å². The van der Waals surface area contributed by atoms with Gasteiger partial charge in [0.05, 0.1) is 10.9 Å². The van der Waals surface area contributed by atoms with Gasteiger partial charge in [-0.25, -0.2) is 0 Å². The molecule has 2 aromatic rings. The van der Waals surface area contributed by atoms with Gasteiger partial charge in [0.1, 0.15) is 5.75 Å². The van der Waals surface area contributed by atoms with E-state index in [0.717, 1.165) is 16.2 Å². The van der Waals surface area contributed by atoms with Gasteiger partial charge < -0.3 is 10.4 Å². The second-order valence-corrected chi connectivity index (χ2v) is 6.03. The maximum Gasteiger partial charge on any atom is 0.232 e. The zero-order valence-corrected chi connectivity index (χ0v) is 12.0. The fraction of sp³-hybridized carbons (Fsp3) is 0.133. The van der Waals surface area contributed by atoms with Gasteiger partial charge in [-0.15, -0.1) is 11.8 Å². The first kappa shape index (κ1) is 13.3. The van der Waals surface area contributed by atoms with E-state index >= 15 is 0 Å². The average molecular weight is 306 g/mol. The number of aromatic hydroxyl groups is 1. The van der Waals surface area contributed by atoms with Gasteiger partial charge >= 0.3 is 0 Å². The molecule has 0 spiro atoms. The number of hydrogen-bond acceptors (Lipinski definition) is 3. The van der Waals surface area contributed by atoms with Crippen molar-refractivity contribution in [2.24, 2.45) is 0 Å². The van der Waals surface area contributed by atoms with E-state index in [1.54, 1.807) is 23.9 Å². The van der Waals surface area contributed by atoms with E-state index in [2.05, 4.69) is 5.32 Å². The highest BCUT2D eigenvalue weighted by atomic mass is 35.5. The van der Waals surface area contributed by atoms with Crippen LogP contribution in [-0.2, 0) is 4.79 Å². The van der Waals surface area contributed by atoms with Gasteiger partial charge in [0.15, 0.2) is 0 Å². The van der Waals surface area contributed by atoms with Crippen molar-refractivity contribution < 1.29 is 9.90 Å². The third-order valence-corrected chi connectivity index (χ3v) is 4.72. The second kappa shape index (κ2) is 5.38. The number of benzene rings is 2. The van der Waals surface area contributed by atoms with E-state index < -0.39 is 0 Å². The Kier molecular flexibility index (Phi) is 3.59. The van der Waals surface area contributed by atoms with Gasteiger partial charge in [-0.1, -0.05) is 29.8 Å². The molecule has 0 radical (unpaired) electrons. The highest BCUT2D eigenvalue weighted by Crippen LogP contribution is 2.40. The molecule has 0 saturated heterocycles. The molecule has 1 amide bonds. The third-order valence-electron chi connectivity index (χ3n) is 3.23. The van der Waals surface area contributed by atoms with Crippen LogP contribution in [0, 0.1) is 0 Å². The molecule has 1 aliphatic heterocycles. The van der Waals surface area contributed by atoms with Crippen molar-refractivity contribution in [2.45, 2.75) is 10.8 Å². The average Bonchev–Trinajstić information content (AvgIpc) is 2.87. The molecular weight excluding hydrogens is 294 g/mol. The Morgan fingerprint density at radius 1 is 1.30 bits per heavy atom. The molecule has 5 heteroatoms. The Bertz CT molecular complexity index is 675. The maximum atomic E-state index is 12.3. The number of fused-ring (bicyclic) bond motifs is 1. The highest BCUT2D eigenvalue weighted by Gasteiger charge is 2.28. The van der Waals surface area contributed by atoms with Gasteiger partial charge in [-0.05, 0) is 29.8 Å². The largest absolute Gasteiger partial charge is 0.506 e. The second-order valence-electron chi connectivity index (χ2n) is 4.56. The first-order valence-electron chi connectivity index (χ1n) is 6.16. The zero-order chi connectivity index (χ0) is 14.1. The van der Waals surface area contributed by atoms with Gasteiger partial charge in [0.25, 0.3) is 0 Å². The number of phenols is 1. The predicted octanol–water partition coefficient (Wildman–Crippen LogP) is 3.87. The van der Waals surface area contributed by atoms with Crippen LogP contribution in [-0.4, -0.2) is 16.8 Å². The molecule has 1 aliphatic rings. The van der Waals surface area contributed by atoms with Crippen LogP contribution in [0.1, 0.15) is 11.5 Å². The molecule has 0 saturated carbocycles. The molecule has 20 heavy (non-hydrogen) atoms. The van der Waals surface area contributed by atoms with Crippen LogP contribution in [0.3, 0.4) is 0 Å². The molecule has 0 aliphatic carbocycles. The fourth-order valence-electron chi connectivity index (χ4n) is 2.19. The van der Waals surface area contributed by atoms with Crippen molar-refractivity contribution in [1.82, 2.24) is 0 Å². The molecule has 0 bridgehead atoms. The van der Waals surface area contributed by atoms with Crippen LogP contribution in [0.5, 0.6) is 5.75 Å². The normalized spacial score (nSPS) is 16.8. The number of amides is 1. The lowest BCUT2D eigenvalue weighted by Gasteiger charge is -2.12. The Morgan fingerprint density at radius 3 is 2.90 bits per heavy atom. The number of halogens is 1.